The minimum absolute atomic E-state index is 0.114. The van der Waals surface area contributed by atoms with E-state index in [9.17, 15) is 14.4 Å². The maximum absolute atomic E-state index is 11.6. The van der Waals surface area contributed by atoms with Crippen LogP contribution < -0.4 is 5.32 Å². The first-order valence-electron chi connectivity index (χ1n) is 4.65. The smallest absolute Gasteiger partial charge is 0.333 e. The number of barbiturate groups is 1. The molecule has 0 aromatic rings. The third-order valence-corrected chi connectivity index (χ3v) is 2.15. The number of urea groups is 1. The molecule has 7 nitrogen and oxygen atoms in total. The Hall–Kier alpha value is -1.89. The third kappa shape index (κ3) is 2.03. The highest BCUT2D eigenvalue weighted by Gasteiger charge is 2.37. The number of hydrogen-bond acceptors (Lipinski definition) is 5. The molecule has 1 aliphatic rings. The Morgan fingerprint density at radius 2 is 1.69 bits per heavy atom. The van der Waals surface area contributed by atoms with Crippen LogP contribution in [0.3, 0.4) is 0 Å². The average molecular weight is 227 g/mol. The van der Waals surface area contributed by atoms with Gasteiger partial charge in [0.1, 0.15) is 5.57 Å². The number of carbonyl (C=O) groups excluding carboxylic acids is 3. The molecule has 1 saturated heterocycles. The van der Waals surface area contributed by atoms with Crippen LogP contribution >= 0.6 is 0 Å². The molecule has 16 heavy (non-hydrogen) atoms. The number of aliphatic hydroxyl groups excluding tert-OH is 1. The molecule has 0 atom stereocenters. The summed E-state index contributed by atoms with van der Waals surface area (Å²) in [5, 5.41) is 11.1. The summed E-state index contributed by atoms with van der Waals surface area (Å²) in [5.74, 6) is -1.31. The largest absolute Gasteiger partial charge is 0.395 e. The van der Waals surface area contributed by atoms with Crippen LogP contribution in [-0.2, 0) is 9.59 Å². The molecule has 0 aromatic heterocycles. The molecule has 1 aliphatic heterocycles. The molecule has 7 heteroatoms. The molecule has 0 radical (unpaired) electrons. The van der Waals surface area contributed by atoms with E-state index in [1.807, 2.05) is 0 Å². The fourth-order valence-corrected chi connectivity index (χ4v) is 1.21. The summed E-state index contributed by atoms with van der Waals surface area (Å²) in [6.45, 7) is 0.113. The normalized spacial score (nSPS) is 16.9. The Bertz CT molecular complexity index is 338. The number of nitrogens with zero attached hydrogens (tertiary/aromatic N) is 2. The van der Waals surface area contributed by atoms with Gasteiger partial charge in [-0.05, 0) is 0 Å². The van der Waals surface area contributed by atoms with Gasteiger partial charge in [0.25, 0.3) is 11.8 Å². The SMILES string of the molecule is CN1C(=O)C(=CNCCO)C(=O)N(C)C1=O. The van der Waals surface area contributed by atoms with Gasteiger partial charge in [-0.2, -0.15) is 0 Å². The Morgan fingerprint density at radius 3 is 2.12 bits per heavy atom. The molecular weight excluding hydrogens is 214 g/mol. The van der Waals surface area contributed by atoms with Crippen LogP contribution in [0.2, 0.25) is 0 Å². The maximum atomic E-state index is 11.6. The number of rotatable bonds is 3. The molecule has 1 rings (SSSR count). The summed E-state index contributed by atoms with van der Waals surface area (Å²) in [5.41, 5.74) is -0.127. The molecule has 0 aliphatic carbocycles. The monoisotopic (exact) mass is 227 g/mol. The van der Waals surface area contributed by atoms with Gasteiger partial charge in [0.2, 0.25) is 0 Å². The van der Waals surface area contributed by atoms with Crippen LogP contribution in [0.4, 0.5) is 4.79 Å². The van der Waals surface area contributed by atoms with Crippen LogP contribution in [0.5, 0.6) is 0 Å². The van der Waals surface area contributed by atoms with E-state index in [4.69, 9.17) is 5.11 Å². The Kier molecular flexibility index (Phi) is 3.62. The Balaban J connectivity index is 2.91. The van der Waals surface area contributed by atoms with Gasteiger partial charge in [0.15, 0.2) is 0 Å². The molecule has 0 unspecified atom stereocenters. The summed E-state index contributed by atoms with van der Waals surface area (Å²) in [4.78, 5) is 36.2. The molecule has 0 aromatic carbocycles. The molecule has 2 N–H and O–H groups in total. The number of likely N-dealkylation sites (N-methyl/N-ethyl adjacent to an activating group) is 2. The van der Waals surface area contributed by atoms with Gasteiger partial charge in [0.05, 0.1) is 6.61 Å². The van der Waals surface area contributed by atoms with E-state index in [-0.39, 0.29) is 18.7 Å². The van der Waals surface area contributed by atoms with E-state index in [0.717, 1.165) is 9.80 Å². The Labute approximate surface area is 92.3 Å². The highest BCUT2D eigenvalue weighted by atomic mass is 16.3. The van der Waals surface area contributed by atoms with Crippen molar-refractivity contribution in [2.75, 3.05) is 27.2 Å². The molecule has 0 bridgehead atoms. The van der Waals surface area contributed by atoms with Crippen LogP contribution in [0.1, 0.15) is 0 Å². The summed E-state index contributed by atoms with van der Waals surface area (Å²) in [6, 6.07) is -0.658. The van der Waals surface area contributed by atoms with Crippen LogP contribution in [0.15, 0.2) is 11.8 Å². The first-order valence-corrected chi connectivity index (χ1v) is 4.65. The lowest BCUT2D eigenvalue weighted by Gasteiger charge is -2.28. The van der Waals surface area contributed by atoms with E-state index in [0.29, 0.717) is 0 Å². The van der Waals surface area contributed by atoms with Crippen molar-refractivity contribution in [2.45, 2.75) is 0 Å². The number of hydrogen-bond donors (Lipinski definition) is 2. The summed E-state index contributed by atoms with van der Waals surface area (Å²) >= 11 is 0. The van der Waals surface area contributed by atoms with E-state index in [2.05, 4.69) is 5.32 Å². The zero-order valence-corrected chi connectivity index (χ0v) is 9.06. The highest BCUT2D eigenvalue weighted by Crippen LogP contribution is 2.13. The Morgan fingerprint density at radius 1 is 1.19 bits per heavy atom. The quantitative estimate of drug-likeness (QED) is 0.348. The number of aliphatic hydroxyl groups is 1. The second-order valence-corrected chi connectivity index (χ2v) is 3.25. The lowest BCUT2D eigenvalue weighted by molar-refractivity contribution is -0.134. The third-order valence-electron chi connectivity index (χ3n) is 2.15. The lowest BCUT2D eigenvalue weighted by Crippen LogP contribution is -2.53. The van der Waals surface area contributed by atoms with Gasteiger partial charge in [-0.1, -0.05) is 0 Å². The second kappa shape index (κ2) is 4.75. The van der Waals surface area contributed by atoms with Gasteiger partial charge >= 0.3 is 6.03 Å². The lowest BCUT2D eigenvalue weighted by atomic mass is 10.2. The fraction of sp³-hybridized carbons (Fsp3) is 0.444. The van der Waals surface area contributed by atoms with Crippen LogP contribution in [-0.4, -0.2) is 60.0 Å². The molecule has 1 heterocycles. The van der Waals surface area contributed by atoms with Gasteiger partial charge in [0, 0.05) is 26.8 Å². The minimum Gasteiger partial charge on any atom is -0.395 e. The van der Waals surface area contributed by atoms with Crippen molar-refractivity contribution in [1.82, 2.24) is 15.1 Å². The van der Waals surface area contributed by atoms with Crippen molar-refractivity contribution in [3.8, 4) is 0 Å². The van der Waals surface area contributed by atoms with Crippen molar-refractivity contribution in [3.63, 3.8) is 0 Å². The van der Waals surface area contributed by atoms with E-state index in [1.165, 1.54) is 20.3 Å². The predicted molar refractivity (Wildman–Crippen MR) is 54.1 cm³/mol. The zero-order valence-electron chi connectivity index (χ0n) is 9.06. The number of imide groups is 2. The minimum atomic E-state index is -0.658. The average Bonchev–Trinajstić information content (AvgIpc) is 2.28. The predicted octanol–water partition coefficient (Wildman–Crippen LogP) is -1.50. The molecule has 4 amide bonds. The van der Waals surface area contributed by atoms with Gasteiger partial charge in [-0.15, -0.1) is 0 Å². The number of nitrogens with one attached hydrogen (secondary N) is 1. The first kappa shape index (κ1) is 12.2. The molecule has 0 spiro atoms. The fourth-order valence-electron chi connectivity index (χ4n) is 1.21. The van der Waals surface area contributed by atoms with Crippen molar-refractivity contribution >= 4 is 17.8 Å². The van der Waals surface area contributed by atoms with E-state index in [1.54, 1.807) is 0 Å². The van der Waals surface area contributed by atoms with Crippen molar-refractivity contribution < 1.29 is 19.5 Å². The van der Waals surface area contributed by atoms with E-state index < -0.39 is 17.8 Å². The maximum Gasteiger partial charge on any atom is 0.333 e. The molecular formula is C9H13N3O4. The highest BCUT2D eigenvalue weighted by molar-refractivity contribution is 6.28. The van der Waals surface area contributed by atoms with E-state index >= 15 is 0 Å². The topological polar surface area (TPSA) is 90.0 Å². The number of amides is 4. The van der Waals surface area contributed by atoms with Crippen molar-refractivity contribution in [3.05, 3.63) is 11.8 Å². The summed E-state index contributed by atoms with van der Waals surface area (Å²) in [6.07, 6.45) is 1.21. The zero-order chi connectivity index (χ0) is 12.3. The number of carbonyl (C=O) groups is 3. The summed E-state index contributed by atoms with van der Waals surface area (Å²) < 4.78 is 0. The van der Waals surface area contributed by atoms with Gasteiger partial charge in [-0.25, -0.2) is 4.79 Å². The van der Waals surface area contributed by atoms with Crippen LogP contribution in [0.25, 0.3) is 0 Å². The van der Waals surface area contributed by atoms with Crippen molar-refractivity contribution in [2.24, 2.45) is 0 Å². The second-order valence-electron chi connectivity index (χ2n) is 3.25. The van der Waals surface area contributed by atoms with Gasteiger partial charge in [-0.3, -0.25) is 19.4 Å². The standard InChI is InChI=1S/C9H13N3O4/c1-11-7(14)6(5-10-3-4-13)8(15)12(2)9(11)16/h5,10,13H,3-4H2,1-2H3. The van der Waals surface area contributed by atoms with Crippen LogP contribution in [0, 0.1) is 0 Å². The molecule has 88 valence electrons. The summed E-state index contributed by atoms with van der Waals surface area (Å²) in [7, 11) is 2.60. The molecule has 0 saturated carbocycles. The van der Waals surface area contributed by atoms with Gasteiger partial charge < -0.3 is 10.4 Å². The molecule has 1 fully saturated rings. The first-order chi connectivity index (χ1) is 7.50. The van der Waals surface area contributed by atoms with Crippen molar-refractivity contribution in [1.29, 1.82) is 0 Å².